The lowest BCUT2D eigenvalue weighted by Gasteiger charge is -2.05. The van der Waals surface area contributed by atoms with Crippen LogP contribution in [-0.4, -0.2) is 28.8 Å². The highest BCUT2D eigenvalue weighted by Gasteiger charge is 2.07. The highest BCUT2D eigenvalue weighted by molar-refractivity contribution is 7.89. The van der Waals surface area contributed by atoms with Gasteiger partial charge in [-0.1, -0.05) is 6.07 Å². The zero-order valence-corrected chi connectivity index (χ0v) is 12.2. The van der Waals surface area contributed by atoms with Crippen LogP contribution in [0.1, 0.15) is 18.4 Å². The van der Waals surface area contributed by atoms with E-state index < -0.39 is 10.0 Å². The van der Waals surface area contributed by atoms with Crippen LogP contribution in [0.25, 0.3) is 11.0 Å². The second-order valence-corrected chi connectivity index (χ2v) is 6.60. The largest absolute Gasteiger partial charge is 0.352 e. The minimum atomic E-state index is -3.50. The van der Waals surface area contributed by atoms with E-state index in [-0.39, 0.29) is 24.5 Å². The normalized spacial score (nSPS) is 11.7. The van der Waals surface area contributed by atoms with Gasteiger partial charge >= 0.3 is 0 Å². The number of hydrogen-bond donors (Lipinski definition) is 2. The van der Waals surface area contributed by atoms with E-state index in [9.17, 15) is 13.2 Å². The smallest absolute Gasteiger partial charge is 0.220 e. The van der Waals surface area contributed by atoms with Gasteiger partial charge in [-0.05, 0) is 24.1 Å². The zero-order chi connectivity index (χ0) is 14.6. The molecule has 1 amide bonds. The molecular weight excluding hydrogens is 300 g/mol. The first-order chi connectivity index (χ1) is 9.44. The first-order valence-corrected chi connectivity index (χ1v) is 8.37. The van der Waals surface area contributed by atoms with Crippen molar-refractivity contribution in [1.82, 2.24) is 14.1 Å². The number of hydrogen-bond acceptors (Lipinski definition) is 6. The molecule has 0 spiro atoms. The number of primary sulfonamides is 1. The number of carbonyl (C=O) groups is 1. The summed E-state index contributed by atoms with van der Waals surface area (Å²) >= 11 is 1.14. The summed E-state index contributed by atoms with van der Waals surface area (Å²) in [6.45, 7) is 0.377. The van der Waals surface area contributed by atoms with Gasteiger partial charge < -0.3 is 5.32 Å². The highest BCUT2D eigenvalue weighted by Crippen LogP contribution is 2.13. The molecule has 0 unspecified atom stereocenters. The standard InChI is InChI=1S/C11H14N4O3S2/c12-20(17,18)5-1-2-11(16)13-7-8-3-4-9-10(6-8)15-19-14-9/h3-4,6H,1-2,5,7H2,(H,13,16)(H2,12,17,18). The van der Waals surface area contributed by atoms with Gasteiger partial charge in [-0.25, -0.2) is 13.6 Å². The van der Waals surface area contributed by atoms with E-state index in [4.69, 9.17) is 5.14 Å². The second kappa shape index (κ2) is 6.25. The molecule has 1 heterocycles. The summed E-state index contributed by atoms with van der Waals surface area (Å²) in [4.78, 5) is 11.5. The predicted molar refractivity (Wildman–Crippen MR) is 76.5 cm³/mol. The van der Waals surface area contributed by atoms with Crippen molar-refractivity contribution < 1.29 is 13.2 Å². The third kappa shape index (κ3) is 4.51. The van der Waals surface area contributed by atoms with Crippen molar-refractivity contribution in [3.63, 3.8) is 0 Å². The van der Waals surface area contributed by atoms with Crippen molar-refractivity contribution in [3.05, 3.63) is 23.8 Å². The maximum Gasteiger partial charge on any atom is 0.220 e. The molecule has 0 aliphatic carbocycles. The van der Waals surface area contributed by atoms with Crippen molar-refractivity contribution in [2.75, 3.05) is 5.75 Å². The van der Waals surface area contributed by atoms with E-state index in [1.165, 1.54) is 0 Å². The van der Waals surface area contributed by atoms with Crippen LogP contribution < -0.4 is 10.5 Å². The molecule has 0 saturated carbocycles. The summed E-state index contributed by atoms with van der Waals surface area (Å²) in [5, 5.41) is 7.58. The Labute approximate surface area is 120 Å². The topological polar surface area (TPSA) is 115 Å². The predicted octanol–water partition coefficient (Wildman–Crippen LogP) is 0.376. The number of fused-ring (bicyclic) bond motifs is 1. The van der Waals surface area contributed by atoms with Crippen LogP contribution in [0.15, 0.2) is 18.2 Å². The maximum absolute atomic E-state index is 11.5. The van der Waals surface area contributed by atoms with Crippen molar-refractivity contribution >= 4 is 38.7 Å². The van der Waals surface area contributed by atoms with Gasteiger partial charge in [-0.15, -0.1) is 0 Å². The summed E-state index contributed by atoms with van der Waals surface area (Å²) in [5.74, 6) is -0.387. The average Bonchev–Trinajstić information content (AvgIpc) is 2.82. The van der Waals surface area contributed by atoms with Gasteiger partial charge in [0, 0.05) is 13.0 Å². The number of benzene rings is 1. The molecule has 2 aromatic rings. The third-order valence-electron chi connectivity index (χ3n) is 2.64. The lowest BCUT2D eigenvalue weighted by Crippen LogP contribution is -2.24. The lowest BCUT2D eigenvalue weighted by molar-refractivity contribution is -0.121. The molecule has 3 N–H and O–H groups in total. The molecule has 2 rings (SSSR count). The van der Waals surface area contributed by atoms with Crippen LogP contribution in [0.5, 0.6) is 0 Å². The molecule has 0 aliphatic heterocycles. The Morgan fingerprint density at radius 1 is 1.30 bits per heavy atom. The molecule has 0 fully saturated rings. The Kier molecular flexibility index (Phi) is 4.63. The van der Waals surface area contributed by atoms with Crippen LogP contribution in [0.4, 0.5) is 0 Å². The molecular formula is C11H14N4O3S2. The highest BCUT2D eigenvalue weighted by atomic mass is 32.2. The number of amides is 1. The Morgan fingerprint density at radius 2 is 2.05 bits per heavy atom. The summed E-state index contributed by atoms with van der Waals surface area (Å²) in [5.41, 5.74) is 2.55. The minimum absolute atomic E-state index is 0.136. The molecule has 1 aromatic heterocycles. The minimum Gasteiger partial charge on any atom is -0.352 e. The Balaban J connectivity index is 1.80. The summed E-state index contributed by atoms with van der Waals surface area (Å²) in [6.07, 6.45) is 0.358. The molecule has 0 aliphatic rings. The molecule has 1 aromatic carbocycles. The van der Waals surface area contributed by atoms with E-state index in [1.54, 1.807) is 0 Å². The first-order valence-electron chi connectivity index (χ1n) is 5.92. The van der Waals surface area contributed by atoms with Gasteiger partial charge in [0.2, 0.25) is 15.9 Å². The number of nitrogens with two attached hydrogens (primary N) is 1. The van der Waals surface area contributed by atoms with Crippen LogP contribution in [0, 0.1) is 0 Å². The number of sulfonamides is 1. The van der Waals surface area contributed by atoms with Gasteiger partial charge in [0.05, 0.1) is 17.5 Å². The van der Waals surface area contributed by atoms with Crippen molar-refractivity contribution in [1.29, 1.82) is 0 Å². The molecule has 0 radical (unpaired) electrons. The van der Waals surface area contributed by atoms with Crippen molar-refractivity contribution in [2.24, 2.45) is 5.14 Å². The number of aromatic nitrogens is 2. The fraction of sp³-hybridized carbons (Fsp3) is 0.364. The Hall–Kier alpha value is -1.58. The fourth-order valence-corrected chi connectivity index (χ4v) is 2.72. The van der Waals surface area contributed by atoms with E-state index in [1.807, 2.05) is 18.2 Å². The van der Waals surface area contributed by atoms with Gasteiger partial charge in [0.1, 0.15) is 11.0 Å². The fourth-order valence-electron chi connectivity index (χ4n) is 1.66. The molecule has 0 bridgehead atoms. The number of rotatable bonds is 6. The maximum atomic E-state index is 11.5. The molecule has 0 atom stereocenters. The SMILES string of the molecule is NS(=O)(=O)CCCC(=O)NCc1ccc2nsnc2c1. The van der Waals surface area contributed by atoms with E-state index in [2.05, 4.69) is 14.1 Å². The Bertz CT molecular complexity index is 711. The summed E-state index contributed by atoms with van der Waals surface area (Å²) < 4.78 is 29.7. The van der Waals surface area contributed by atoms with E-state index >= 15 is 0 Å². The second-order valence-electron chi connectivity index (χ2n) is 4.33. The molecule has 9 heteroatoms. The van der Waals surface area contributed by atoms with Gasteiger partial charge in [-0.3, -0.25) is 4.79 Å². The van der Waals surface area contributed by atoms with Crippen LogP contribution in [0.2, 0.25) is 0 Å². The molecule has 0 saturated heterocycles. The summed E-state index contributed by atoms with van der Waals surface area (Å²) in [7, 11) is -3.50. The van der Waals surface area contributed by atoms with Crippen LogP contribution in [0.3, 0.4) is 0 Å². The summed E-state index contributed by atoms with van der Waals surface area (Å²) in [6, 6.07) is 5.58. The lowest BCUT2D eigenvalue weighted by atomic mass is 10.2. The molecule has 108 valence electrons. The monoisotopic (exact) mass is 314 g/mol. The first kappa shape index (κ1) is 14.8. The Morgan fingerprint density at radius 3 is 2.80 bits per heavy atom. The van der Waals surface area contributed by atoms with E-state index in [0.717, 1.165) is 28.3 Å². The van der Waals surface area contributed by atoms with Gasteiger partial charge in [0.25, 0.3) is 0 Å². The third-order valence-corrected chi connectivity index (χ3v) is 4.05. The van der Waals surface area contributed by atoms with Gasteiger partial charge in [-0.2, -0.15) is 8.75 Å². The molecule has 20 heavy (non-hydrogen) atoms. The van der Waals surface area contributed by atoms with Crippen LogP contribution >= 0.6 is 11.7 Å². The number of carbonyl (C=O) groups excluding carboxylic acids is 1. The van der Waals surface area contributed by atoms with Crippen LogP contribution in [-0.2, 0) is 21.4 Å². The van der Waals surface area contributed by atoms with E-state index in [0.29, 0.717) is 6.54 Å². The molecule has 7 nitrogen and oxygen atoms in total. The number of nitrogens with one attached hydrogen (secondary N) is 1. The van der Waals surface area contributed by atoms with Gasteiger partial charge in [0.15, 0.2) is 0 Å². The number of nitrogens with zero attached hydrogens (tertiary/aromatic N) is 2. The van der Waals surface area contributed by atoms with Crippen molar-refractivity contribution in [2.45, 2.75) is 19.4 Å². The average molecular weight is 314 g/mol. The van der Waals surface area contributed by atoms with Crippen molar-refractivity contribution in [3.8, 4) is 0 Å². The zero-order valence-electron chi connectivity index (χ0n) is 10.6. The quantitative estimate of drug-likeness (QED) is 0.799.